The van der Waals surface area contributed by atoms with E-state index in [-0.39, 0.29) is 11.7 Å². The Hall–Kier alpha value is -3.80. The molecule has 1 amide bonds. The van der Waals surface area contributed by atoms with E-state index in [1.54, 1.807) is 53.4 Å². The maximum Gasteiger partial charge on any atom is 0.270 e. The fourth-order valence-corrected chi connectivity index (χ4v) is 2.74. The fraction of sp³-hybridized carbons (Fsp3) is 0.0476. The van der Waals surface area contributed by atoms with Crippen LogP contribution in [0.15, 0.2) is 83.5 Å². The highest BCUT2D eigenvalue weighted by molar-refractivity contribution is 5.94. The summed E-state index contributed by atoms with van der Waals surface area (Å²) in [6.07, 6.45) is 1.57. The van der Waals surface area contributed by atoms with Gasteiger partial charge >= 0.3 is 0 Å². The van der Waals surface area contributed by atoms with Gasteiger partial charge in [0, 0.05) is 12.6 Å². The molecule has 0 unspecified atom stereocenters. The zero-order valence-electron chi connectivity index (χ0n) is 14.4. The summed E-state index contributed by atoms with van der Waals surface area (Å²) >= 11 is 0. The fourth-order valence-electron chi connectivity index (χ4n) is 2.74. The molecule has 2 heterocycles. The molecule has 134 valence electrons. The van der Waals surface area contributed by atoms with Gasteiger partial charge in [-0.2, -0.15) is 5.10 Å². The van der Waals surface area contributed by atoms with Gasteiger partial charge in [0.25, 0.3) is 5.91 Å². The smallest absolute Gasteiger partial charge is 0.270 e. The Morgan fingerprint density at radius 1 is 1.04 bits per heavy atom. The second kappa shape index (κ2) is 7.21. The number of hydrogen-bond acceptors (Lipinski definition) is 4. The number of rotatable bonds is 5. The van der Waals surface area contributed by atoms with Crippen LogP contribution < -0.4 is 5.32 Å². The third kappa shape index (κ3) is 3.59. The average molecular weight is 359 g/mol. The molecule has 0 aliphatic carbocycles. The van der Waals surface area contributed by atoms with Gasteiger partial charge in [-0.1, -0.05) is 30.3 Å². The van der Waals surface area contributed by atoms with Crippen LogP contribution in [0.25, 0.3) is 17.1 Å². The monoisotopic (exact) mass is 359 g/mol. The van der Waals surface area contributed by atoms with Crippen LogP contribution >= 0.6 is 0 Å². The Kier molecular flexibility index (Phi) is 4.45. The van der Waals surface area contributed by atoms with Crippen molar-refractivity contribution in [3.8, 4) is 22.9 Å². The first-order valence-corrected chi connectivity index (χ1v) is 8.46. The lowest BCUT2D eigenvalue weighted by molar-refractivity contribution is 0.0943. The van der Waals surface area contributed by atoms with Crippen molar-refractivity contribution < 1.29 is 14.3 Å². The van der Waals surface area contributed by atoms with E-state index in [1.807, 2.05) is 30.3 Å². The van der Waals surface area contributed by atoms with Gasteiger partial charge in [0.05, 0.1) is 12.0 Å². The summed E-state index contributed by atoms with van der Waals surface area (Å²) in [7, 11) is 0. The molecule has 0 bridgehead atoms. The van der Waals surface area contributed by atoms with Crippen LogP contribution in [-0.4, -0.2) is 20.8 Å². The van der Waals surface area contributed by atoms with Gasteiger partial charge in [-0.25, -0.2) is 4.68 Å². The lowest BCUT2D eigenvalue weighted by Crippen LogP contribution is -2.25. The lowest BCUT2D eigenvalue weighted by atomic mass is 10.2. The minimum atomic E-state index is -0.253. The molecule has 0 aliphatic heterocycles. The summed E-state index contributed by atoms with van der Waals surface area (Å²) in [5.74, 6) is 0.532. The number of phenolic OH excluding ortho intramolecular Hbond substituents is 1. The van der Waals surface area contributed by atoms with E-state index in [1.165, 1.54) is 0 Å². The first-order chi connectivity index (χ1) is 13.2. The standard InChI is InChI=1S/C21H17N3O3/c25-17-10-8-15(9-11-17)14-22-21(26)19-13-18(20-7-4-12-27-20)23-24(19)16-5-2-1-3-6-16/h1-13,25H,14H2,(H,22,26). The van der Waals surface area contributed by atoms with Gasteiger partial charge in [0.1, 0.15) is 17.1 Å². The van der Waals surface area contributed by atoms with Crippen molar-refractivity contribution in [3.05, 3.63) is 90.3 Å². The van der Waals surface area contributed by atoms with E-state index in [4.69, 9.17) is 4.42 Å². The molecule has 6 nitrogen and oxygen atoms in total. The summed E-state index contributed by atoms with van der Waals surface area (Å²) in [5, 5.41) is 16.8. The van der Waals surface area contributed by atoms with Crippen LogP contribution in [0.2, 0.25) is 0 Å². The van der Waals surface area contributed by atoms with E-state index in [2.05, 4.69) is 10.4 Å². The van der Waals surface area contributed by atoms with Gasteiger partial charge in [-0.3, -0.25) is 4.79 Å². The topological polar surface area (TPSA) is 80.3 Å². The van der Waals surface area contributed by atoms with E-state index < -0.39 is 0 Å². The third-order valence-corrected chi connectivity index (χ3v) is 4.11. The zero-order chi connectivity index (χ0) is 18.6. The summed E-state index contributed by atoms with van der Waals surface area (Å²) in [6.45, 7) is 0.342. The van der Waals surface area contributed by atoms with E-state index in [9.17, 15) is 9.90 Å². The van der Waals surface area contributed by atoms with Crippen LogP contribution in [0.3, 0.4) is 0 Å². The molecular weight excluding hydrogens is 342 g/mol. The summed E-state index contributed by atoms with van der Waals surface area (Å²) in [5.41, 5.74) is 2.66. The molecule has 0 saturated heterocycles. The first kappa shape index (κ1) is 16.7. The second-order valence-corrected chi connectivity index (χ2v) is 5.99. The van der Waals surface area contributed by atoms with E-state index in [0.717, 1.165) is 11.3 Å². The summed E-state index contributed by atoms with van der Waals surface area (Å²) in [6, 6.07) is 21.4. The molecule has 0 spiro atoms. The molecule has 4 aromatic rings. The molecule has 0 saturated carbocycles. The number of hydrogen-bond donors (Lipinski definition) is 2. The number of phenols is 1. The van der Waals surface area contributed by atoms with Gasteiger partial charge in [0.2, 0.25) is 0 Å². The van der Waals surface area contributed by atoms with Gasteiger partial charge in [-0.05, 0) is 42.0 Å². The Balaban J connectivity index is 1.63. The SMILES string of the molecule is O=C(NCc1ccc(O)cc1)c1cc(-c2ccco2)nn1-c1ccccc1. The molecule has 2 aromatic heterocycles. The summed E-state index contributed by atoms with van der Waals surface area (Å²) < 4.78 is 7.01. The number of nitrogens with one attached hydrogen (secondary N) is 1. The number of aromatic hydroxyl groups is 1. The maximum atomic E-state index is 12.8. The third-order valence-electron chi connectivity index (χ3n) is 4.11. The van der Waals surface area contributed by atoms with Crippen LogP contribution in [0.5, 0.6) is 5.75 Å². The molecule has 4 rings (SSSR count). The predicted octanol–water partition coefficient (Wildman–Crippen LogP) is 3.77. The van der Waals surface area contributed by atoms with Crippen molar-refractivity contribution in [1.29, 1.82) is 0 Å². The predicted molar refractivity (Wildman–Crippen MR) is 101 cm³/mol. The highest BCUT2D eigenvalue weighted by Gasteiger charge is 2.18. The normalized spacial score (nSPS) is 10.7. The molecule has 0 radical (unpaired) electrons. The van der Waals surface area contributed by atoms with Gasteiger partial charge < -0.3 is 14.8 Å². The molecule has 6 heteroatoms. The van der Waals surface area contributed by atoms with Gasteiger partial charge in [0.15, 0.2) is 5.76 Å². The minimum Gasteiger partial charge on any atom is -0.508 e. The number of benzene rings is 2. The number of amides is 1. The number of nitrogens with zero attached hydrogens (tertiary/aromatic N) is 2. The second-order valence-electron chi connectivity index (χ2n) is 5.99. The number of carbonyl (C=O) groups is 1. The number of aromatic nitrogens is 2. The Morgan fingerprint density at radius 3 is 2.52 bits per heavy atom. The molecule has 2 N–H and O–H groups in total. The van der Waals surface area contributed by atoms with Crippen molar-refractivity contribution in [2.45, 2.75) is 6.54 Å². The van der Waals surface area contributed by atoms with Crippen molar-refractivity contribution >= 4 is 5.91 Å². The number of carbonyl (C=O) groups excluding carboxylic acids is 1. The first-order valence-electron chi connectivity index (χ1n) is 8.46. The van der Waals surface area contributed by atoms with Crippen molar-refractivity contribution in [3.63, 3.8) is 0 Å². The zero-order valence-corrected chi connectivity index (χ0v) is 14.4. The van der Waals surface area contributed by atoms with Crippen LogP contribution in [0.1, 0.15) is 16.1 Å². The molecular formula is C21H17N3O3. The average Bonchev–Trinajstić information content (AvgIpc) is 3.38. The summed E-state index contributed by atoms with van der Waals surface area (Å²) in [4.78, 5) is 12.8. The van der Waals surface area contributed by atoms with Crippen molar-refractivity contribution in [2.24, 2.45) is 0 Å². The quantitative estimate of drug-likeness (QED) is 0.568. The van der Waals surface area contributed by atoms with Crippen LogP contribution in [0.4, 0.5) is 0 Å². The molecule has 0 atom stereocenters. The Labute approximate surface area is 155 Å². The minimum absolute atomic E-state index is 0.190. The largest absolute Gasteiger partial charge is 0.508 e. The number of para-hydroxylation sites is 1. The van der Waals surface area contributed by atoms with E-state index >= 15 is 0 Å². The molecule has 2 aromatic carbocycles. The molecule has 27 heavy (non-hydrogen) atoms. The van der Waals surface area contributed by atoms with Crippen LogP contribution in [-0.2, 0) is 6.54 Å². The van der Waals surface area contributed by atoms with Crippen molar-refractivity contribution in [2.75, 3.05) is 0 Å². The van der Waals surface area contributed by atoms with Gasteiger partial charge in [-0.15, -0.1) is 0 Å². The van der Waals surface area contributed by atoms with Crippen molar-refractivity contribution in [1.82, 2.24) is 15.1 Å². The highest BCUT2D eigenvalue weighted by Crippen LogP contribution is 2.22. The Morgan fingerprint density at radius 2 is 1.81 bits per heavy atom. The Bertz CT molecular complexity index is 1040. The maximum absolute atomic E-state index is 12.8. The molecule has 0 fully saturated rings. The molecule has 0 aliphatic rings. The number of furan rings is 1. The van der Waals surface area contributed by atoms with E-state index in [0.29, 0.717) is 23.7 Å². The highest BCUT2D eigenvalue weighted by atomic mass is 16.3. The lowest BCUT2D eigenvalue weighted by Gasteiger charge is -2.08. The van der Waals surface area contributed by atoms with Crippen LogP contribution in [0, 0.1) is 0 Å².